The predicted octanol–water partition coefficient (Wildman–Crippen LogP) is 0.183. The van der Waals surface area contributed by atoms with E-state index in [9.17, 15) is 4.79 Å². The maximum absolute atomic E-state index is 10.4. The summed E-state index contributed by atoms with van der Waals surface area (Å²) in [6, 6.07) is 0. The Morgan fingerprint density at radius 2 is 2.62 bits per heavy atom. The normalized spacial score (nSPS) is 19.6. The van der Waals surface area contributed by atoms with Crippen molar-refractivity contribution >= 4 is 22.7 Å². The average molecular weight is 130 g/mol. The molecule has 4 heteroatoms. The number of hydrazone groups is 1. The Hall–Kier alpha value is -0.510. The van der Waals surface area contributed by atoms with E-state index in [0.717, 1.165) is 5.04 Å². The average Bonchev–Trinajstić information content (AvgIpc) is 1.77. The van der Waals surface area contributed by atoms with Crippen molar-refractivity contribution in [2.24, 2.45) is 5.10 Å². The maximum Gasteiger partial charge on any atom is 0.250 e. The van der Waals surface area contributed by atoms with Crippen molar-refractivity contribution in [3.05, 3.63) is 0 Å². The van der Waals surface area contributed by atoms with Gasteiger partial charge in [0.2, 0.25) is 5.91 Å². The molecule has 3 nitrogen and oxygen atoms in total. The molecule has 0 aliphatic carbocycles. The number of carbonyl (C=O) groups is 1. The molecular formula is C4H6N2OS. The Morgan fingerprint density at radius 1 is 1.88 bits per heavy atom. The Labute approximate surface area is 51.5 Å². The number of hydrogen-bond donors (Lipinski definition) is 1. The van der Waals surface area contributed by atoms with Crippen LogP contribution in [0.2, 0.25) is 0 Å². The molecule has 0 unspecified atom stereocenters. The van der Waals surface area contributed by atoms with Crippen molar-refractivity contribution in [1.82, 2.24) is 5.43 Å². The molecule has 0 fully saturated rings. The fourth-order valence-corrected chi connectivity index (χ4v) is 0.890. The largest absolute Gasteiger partial charge is 0.272 e. The number of rotatable bonds is 0. The van der Waals surface area contributed by atoms with Gasteiger partial charge in [-0.15, -0.1) is 0 Å². The Morgan fingerprint density at radius 3 is 3.00 bits per heavy atom. The van der Waals surface area contributed by atoms with Gasteiger partial charge in [0.15, 0.2) is 0 Å². The highest BCUT2D eigenvalue weighted by Gasteiger charge is 2.06. The van der Waals surface area contributed by atoms with Crippen molar-refractivity contribution in [1.29, 1.82) is 0 Å². The van der Waals surface area contributed by atoms with E-state index in [4.69, 9.17) is 0 Å². The predicted molar refractivity (Wildman–Crippen MR) is 33.7 cm³/mol. The first kappa shape index (κ1) is 5.62. The molecule has 1 heterocycles. The first-order valence-electron chi connectivity index (χ1n) is 2.25. The van der Waals surface area contributed by atoms with Gasteiger partial charge in [-0.1, -0.05) is 11.8 Å². The van der Waals surface area contributed by atoms with Gasteiger partial charge in [-0.25, -0.2) is 5.43 Å². The molecule has 1 amide bonds. The van der Waals surface area contributed by atoms with Gasteiger partial charge in [0.1, 0.15) is 0 Å². The van der Waals surface area contributed by atoms with E-state index in [1.165, 1.54) is 11.8 Å². The standard InChI is InChI=1S/C4H6N2OS/c1-3-5-6-4(7)2-8-3/h2H2,1H3,(H,6,7). The van der Waals surface area contributed by atoms with Gasteiger partial charge >= 0.3 is 0 Å². The second-order valence-electron chi connectivity index (χ2n) is 1.45. The Kier molecular flexibility index (Phi) is 1.53. The summed E-state index contributed by atoms with van der Waals surface area (Å²) in [6.07, 6.45) is 0. The molecular weight excluding hydrogens is 124 g/mol. The number of hydrogen-bond acceptors (Lipinski definition) is 3. The van der Waals surface area contributed by atoms with Crippen molar-refractivity contribution < 1.29 is 4.79 Å². The van der Waals surface area contributed by atoms with Crippen LogP contribution in [0.5, 0.6) is 0 Å². The lowest BCUT2D eigenvalue weighted by Gasteiger charge is -2.05. The lowest BCUT2D eigenvalue weighted by Crippen LogP contribution is -2.24. The van der Waals surface area contributed by atoms with Gasteiger partial charge in [-0.05, 0) is 6.92 Å². The SMILES string of the molecule is CC1=NNC(=O)CS1. The van der Waals surface area contributed by atoms with Gasteiger partial charge in [0.05, 0.1) is 10.8 Å². The molecule has 0 radical (unpaired) electrons. The smallest absolute Gasteiger partial charge is 0.250 e. The molecule has 8 heavy (non-hydrogen) atoms. The summed E-state index contributed by atoms with van der Waals surface area (Å²) in [6.45, 7) is 1.87. The van der Waals surface area contributed by atoms with E-state index in [1.54, 1.807) is 0 Å². The molecule has 0 aromatic heterocycles. The molecule has 44 valence electrons. The summed E-state index contributed by atoms with van der Waals surface area (Å²) in [5, 5.41) is 4.61. The van der Waals surface area contributed by atoms with E-state index in [-0.39, 0.29) is 5.91 Å². The zero-order valence-corrected chi connectivity index (χ0v) is 5.29. The molecule has 0 aromatic carbocycles. The highest BCUT2D eigenvalue weighted by molar-refractivity contribution is 8.14. The maximum atomic E-state index is 10.4. The molecule has 0 saturated carbocycles. The Balaban J connectivity index is 2.55. The van der Waals surface area contributed by atoms with Gasteiger partial charge in [-0.3, -0.25) is 4.79 Å². The lowest BCUT2D eigenvalue weighted by molar-refractivity contribution is -0.118. The minimum atomic E-state index is -0.0133. The number of amides is 1. The summed E-state index contributed by atoms with van der Waals surface area (Å²) in [5.74, 6) is 0.496. The molecule has 0 spiro atoms. The van der Waals surface area contributed by atoms with Crippen LogP contribution in [-0.4, -0.2) is 16.7 Å². The lowest BCUT2D eigenvalue weighted by atomic mass is 10.7. The first-order chi connectivity index (χ1) is 3.79. The molecule has 0 saturated heterocycles. The molecule has 1 aliphatic rings. The second kappa shape index (κ2) is 2.17. The van der Waals surface area contributed by atoms with Crippen LogP contribution in [0, 0.1) is 0 Å². The number of nitrogens with one attached hydrogen (secondary N) is 1. The third-order valence-electron chi connectivity index (χ3n) is 0.750. The monoisotopic (exact) mass is 130 g/mol. The van der Waals surface area contributed by atoms with Crippen LogP contribution < -0.4 is 5.43 Å². The summed E-state index contributed by atoms with van der Waals surface area (Å²) < 4.78 is 0. The van der Waals surface area contributed by atoms with Crippen LogP contribution in [0.3, 0.4) is 0 Å². The van der Waals surface area contributed by atoms with Crippen molar-refractivity contribution in [3.8, 4) is 0 Å². The van der Waals surface area contributed by atoms with Gasteiger partial charge in [0.25, 0.3) is 0 Å². The van der Waals surface area contributed by atoms with Crippen LogP contribution in [0.15, 0.2) is 5.10 Å². The summed E-state index contributed by atoms with van der Waals surface area (Å²) in [7, 11) is 0. The van der Waals surface area contributed by atoms with Crippen LogP contribution in [0.4, 0.5) is 0 Å². The molecule has 0 atom stereocenters. The van der Waals surface area contributed by atoms with E-state index < -0.39 is 0 Å². The van der Waals surface area contributed by atoms with Crippen molar-refractivity contribution in [2.45, 2.75) is 6.92 Å². The molecule has 0 bridgehead atoms. The van der Waals surface area contributed by atoms with Crippen molar-refractivity contribution in [3.63, 3.8) is 0 Å². The molecule has 1 aliphatic heterocycles. The summed E-state index contributed by atoms with van der Waals surface area (Å²) in [5.41, 5.74) is 2.36. The van der Waals surface area contributed by atoms with E-state index in [0.29, 0.717) is 5.75 Å². The zero-order valence-electron chi connectivity index (χ0n) is 4.47. The molecule has 1 N–H and O–H groups in total. The molecule has 0 aromatic rings. The third-order valence-corrected chi connectivity index (χ3v) is 1.67. The number of thioether (sulfide) groups is 1. The molecule has 1 rings (SSSR count). The zero-order chi connectivity index (χ0) is 5.98. The fraction of sp³-hybridized carbons (Fsp3) is 0.500. The highest BCUT2D eigenvalue weighted by atomic mass is 32.2. The number of nitrogens with zero attached hydrogens (tertiary/aromatic N) is 1. The van der Waals surface area contributed by atoms with Crippen LogP contribution >= 0.6 is 11.8 Å². The van der Waals surface area contributed by atoms with Crippen molar-refractivity contribution in [2.75, 3.05) is 5.75 Å². The quantitative estimate of drug-likeness (QED) is 0.508. The Bertz CT molecular complexity index is 143. The number of carbonyl (C=O) groups excluding carboxylic acids is 1. The van der Waals surface area contributed by atoms with E-state index in [1.807, 2.05) is 6.92 Å². The van der Waals surface area contributed by atoms with E-state index in [2.05, 4.69) is 10.5 Å². The summed E-state index contributed by atoms with van der Waals surface area (Å²) in [4.78, 5) is 10.4. The minimum Gasteiger partial charge on any atom is -0.272 e. The van der Waals surface area contributed by atoms with Crippen LogP contribution in [0.1, 0.15) is 6.92 Å². The van der Waals surface area contributed by atoms with Crippen LogP contribution in [0.25, 0.3) is 0 Å². The second-order valence-corrected chi connectivity index (χ2v) is 2.62. The minimum absolute atomic E-state index is 0.0133. The van der Waals surface area contributed by atoms with Crippen LogP contribution in [-0.2, 0) is 4.79 Å². The first-order valence-corrected chi connectivity index (χ1v) is 3.23. The highest BCUT2D eigenvalue weighted by Crippen LogP contribution is 2.05. The van der Waals surface area contributed by atoms with Gasteiger partial charge in [0, 0.05) is 0 Å². The topological polar surface area (TPSA) is 41.5 Å². The van der Waals surface area contributed by atoms with Gasteiger partial charge < -0.3 is 0 Å². The van der Waals surface area contributed by atoms with Gasteiger partial charge in [-0.2, -0.15) is 5.10 Å². The summed E-state index contributed by atoms with van der Waals surface area (Å²) >= 11 is 1.46. The van der Waals surface area contributed by atoms with E-state index >= 15 is 0 Å². The fourth-order valence-electron chi connectivity index (χ4n) is 0.376. The third kappa shape index (κ3) is 1.23.